The second-order valence-corrected chi connectivity index (χ2v) is 6.71. The van der Waals surface area contributed by atoms with Gasteiger partial charge in [-0.05, 0) is 48.7 Å². The number of guanidine groups is 1. The van der Waals surface area contributed by atoms with Crippen molar-refractivity contribution in [2.75, 3.05) is 19.0 Å². The van der Waals surface area contributed by atoms with E-state index in [1.807, 2.05) is 24.3 Å². The van der Waals surface area contributed by atoms with Crippen LogP contribution in [0.1, 0.15) is 24.0 Å². The second-order valence-electron chi connectivity index (χ2n) is 6.71. The number of hydrogen-bond acceptors (Lipinski definition) is 3. The summed E-state index contributed by atoms with van der Waals surface area (Å²) in [4.78, 5) is 16.3. The third-order valence-corrected chi connectivity index (χ3v) is 4.55. The topological polar surface area (TPSA) is 74.8 Å². The van der Waals surface area contributed by atoms with Crippen molar-refractivity contribution in [1.29, 1.82) is 0 Å². The summed E-state index contributed by atoms with van der Waals surface area (Å²) in [5, 5.41) is 8.93. The number of ether oxygens (including phenoxy) is 1. The maximum Gasteiger partial charge on any atom is 0.253 e. The first-order chi connectivity index (χ1) is 14.0. The van der Waals surface area contributed by atoms with E-state index in [2.05, 4.69) is 20.9 Å². The minimum atomic E-state index is -0.493. The molecule has 1 unspecified atom stereocenters. The number of anilines is 1. The van der Waals surface area contributed by atoms with E-state index in [0.717, 1.165) is 36.6 Å². The number of nitrogens with one attached hydrogen (secondary N) is 3. The van der Waals surface area contributed by atoms with Gasteiger partial charge in [-0.2, -0.15) is 0 Å². The summed E-state index contributed by atoms with van der Waals surface area (Å²) in [5.74, 6) is -0.665. The molecule has 1 heterocycles. The molecule has 1 amide bonds. The van der Waals surface area contributed by atoms with E-state index < -0.39 is 11.6 Å². The molecule has 2 aromatic rings. The first-order valence-electron chi connectivity index (χ1n) is 9.45. The highest BCUT2D eigenvalue weighted by Gasteiger charge is 2.23. The van der Waals surface area contributed by atoms with Crippen LogP contribution in [0, 0.1) is 11.6 Å². The lowest BCUT2D eigenvalue weighted by Crippen LogP contribution is -2.36. The van der Waals surface area contributed by atoms with Gasteiger partial charge in [0.2, 0.25) is 0 Å². The van der Waals surface area contributed by atoms with Crippen molar-refractivity contribution in [3.63, 3.8) is 0 Å². The highest BCUT2D eigenvalue weighted by Crippen LogP contribution is 2.16. The van der Waals surface area contributed by atoms with Gasteiger partial charge >= 0.3 is 0 Å². The van der Waals surface area contributed by atoms with Gasteiger partial charge in [-0.3, -0.25) is 9.79 Å². The first-order valence-corrected chi connectivity index (χ1v) is 9.45. The van der Waals surface area contributed by atoms with E-state index in [0.29, 0.717) is 24.8 Å². The number of nitrogens with zero attached hydrogens (tertiary/aromatic N) is 1. The summed E-state index contributed by atoms with van der Waals surface area (Å²) >= 11 is 0. The summed E-state index contributed by atoms with van der Waals surface area (Å²) in [6, 6.07) is 10.8. The minimum Gasteiger partial charge on any atom is -0.368 e. The molecule has 0 aromatic heterocycles. The number of halogens is 3. The van der Waals surface area contributed by atoms with Gasteiger partial charge in [0, 0.05) is 38.0 Å². The Morgan fingerprint density at radius 1 is 1.17 bits per heavy atom. The Morgan fingerprint density at radius 2 is 1.97 bits per heavy atom. The van der Waals surface area contributed by atoms with Crippen LogP contribution in [0.4, 0.5) is 14.5 Å². The molecule has 3 N–H and O–H groups in total. The summed E-state index contributed by atoms with van der Waals surface area (Å²) < 4.78 is 32.4. The molecule has 1 saturated heterocycles. The highest BCUT2D eigenvalue weighted by atomic mass is 127. The fraction of sp³-hybridized carbons (Fsp3) is 0.333. The lowest BCUT2D eigenvalue weighted by atomic mass is 10.2. The summed E-state index contributed by atoms with van der Waals surface area (Å²) in [6.45, 7) is 1.16. The highest BCUT2D eigenvalue weighted by molar-refractivity contribution is 14.0. The van der Waals surface area contributed by atoms with Gasteiger partial charge in [-0.25, -0.2) is 8.78 Å². The van der Waals surface area contributed by atoms with E-state index >= 15 is 0 Å². The van der Waals surface area contributed by atoms with Crippen molar-refractivity contribution < 1.29 is 18.3 Å². The van der Waals surface area contributed by atoms with Crippen molar-refractivity contribution in [2.45, 2.75) is 32.0 Å². The van der Waals surface area contributed by atoms with Crippen LogP contribution in [0.5, 0.6) is 0 Å². The minimum absolute atomic E-state index is 0. The predicted molar refractivity (Wildman–Crippen MR) is 123 cm³/mol. The summed E-state index contributed by atoms with van der Waals surface area (Å²) in [6.07, 6.45) is 1.25. The Bertz CT molecular complexity index is 889. The molecule has 6 nitrogen and oxygen atoms in total. The third-order valence-electron chi connectivity index (χ3n) is 4.55. The van der Waals surface area contributed by atoms with E-state index in [1.165, 1.54) is 0 Å². The van der Waals surface area contributed by atoms with Crippen molar-refractivity contribution in [3.8, 4) is 0 Å². The number of amides is 1. The third kappa shape index (κ3) is 6.91. The van der Waals surface area contributed by atoms with Crippen molar-refractivity contribution >= 4 is 41.5 Å². The molecule has 0 aliphatic carbocycles. The van der Waals surface area contributed by atoms with Crippen molar-refractivity contribution in [2.24, 2.45) is 4.99 Å². The van der Waals surface area contributed by atoms with E-state index in [4.69, 9.17) is 4.74 Å². The Hall–Kier alpha value is -2.27. The second kappa shape index (κ2) is 11.8. The van der Waals surface area contributed by atoms with E-state index in [9.17, 15) is 13.6 Å². The molecular formula is C21H25F2IN4O2. The quantitative estimate of drug-likeness (QED) is 0.304. The smallest absolute Gasteiger partial charge is 0.253 e. The van der Waals surface area contributed by atoms with Gasteiger partial charge < -0.3 is 20.7 Å². The lowest BCUT2D eigenvalue weighted by Gasteiger charge is -2.14. The zero-order valence-electron chi connectivity index (χ0n) is 16.6. The monoisotopic (exact) mass is 530 g/mol. The molecule has 1 aliphatic heterocycles. The van der Waals surface area contributed by atoms with Gasteiger partial charge in [0.1, 0.15) is 17.7 Å². The molecule has 0 spiro atoms. The van der Waals surface area contributed by atoms with Crippen LogP contribution in [-0.2, 0) is 22.6 Å². The Morgan fingerprint density at radius 3 is 2.70 bits per heavy atom. The predicted octanol–water partition coefficient (Wildman–Crippen LogP) is 3.57. The van der Waals surface area contributed by atoms with Crippen LogP contribution in [0.3, 0.4) is 0 Å². The number of aliphatic imine (C=N–C) groups is 1. The van der Waals surface area contributed by atoms with Gasteiger partial charge in [0.15, 0.2) is 5.96 Å². The Balaban J connectivity index is 0.00000320. The average molecular weight is 530 g/mol. The molecule has 0 bridgehead atoms. The molecular weight excluding hydrogens is 505 g/mol. The van der Waals surface area contributed by atoms with Crippen LogP contribution >= 0.6 is 24.0 Å². The normalized spacial score (nSPS) is 16.0. The molecule has 0 radical (unpaired) electrons. The van der Waals surface area contributed by atoms with Crippen molar-refractivity contribution in [1.82, 2.24) is 10.6 Å². The van der Waals surface area contributed by atoms with Crippen LogP contribution in [0.2, 0.25) is 0 Å². The molecule has 3 rings (SSSR count). The molecule has 30 heavy (non-hydrogen) atoms. The summed E-state index contributed by atoms with van der Waals surface area (Å²) in [5.41, 5.74) is 1.83. The summed E-state index contributed by atoms with van der Waals surface area (Å²) in [7, 11) is 1.59. The van der Waals surface area contributed by atoms with Gasteiger partial charge in [-0.1, -0.05) is 12.1 Å². The van der Waals surface area contributed by atoms with Crippen LogP contribution in [0.25, 0.3) is 0 Å². The molecule has 1 atom stereocenters. The number of carbonyl (C=O) groups is 1. The number of hydrogen-bond donors (Lipinski definition) is 3. The molecule has 9 heteroatoms. The number of rotatable bonds is 6. The van der Waals surface area contributed by atoms with E-state index in [1.54, 1.807) is 7.05 Å². The van der Waals surface area contributed by atoms with Crippen LogP contribution < -0.4 is 16.0 Å². The van der Waals surface area contributed by atoms with Gasteiger partial charge in [0.05, 0.1) is 0 Å². The molecule has 162 valence electrons. The number of benzene rings is 2. The Labute approximate surface area is 191 Å². The Kier molecular flexibility index (Phi) is 9.44. The first kappa shape index (κ1) is 24.0. The fourth-order valence-electron chi connectivity index (χ4n) is 3.03. The van der Waals surface area contributed by atoms with Crippen LogP contribution in [-0.4, -0.2) is 31.6 Å². The maximum absolute atomic E-state index is 13.7. The largest absolute Gasteiger partial charge is 0.368 e. The van der Waals surface area contributed by atoms with Crippen LogP contribution in [0.15, 0.2) is 47.5 Å². The zero-order valence-corrected chi connectivity index (χ0v) is 18.9. The average Bonchev–Trinajstić information content (AvgIpc) is 3.26. The van der Waals surface area contributed by atoms with E-state index in [-0.39, 0.29) is 48.1 Å². The molecule has 1 fully saturated rings. The molecule has 1 aliphatic rings. The molecule has 2 aromatic carbocycles. The SMILES string of the molecule is CN=C(NCc1cccc(NC(=O)C2CCCO2)c1)NCc1cc(F)ccc1F.I. The lowest BCUT2D eigenvalue weighted by molar-refractivity contribution is -0.124. The fourth-order valence-corrected chi connectivity index (χ4v) is 3.03. The zero-order chi connectivity index (χ0) is 20.6. The van der Waals surface area contributed by atoms with Gasteiger partial charge in [0.25, 0.3) is 5.91 Å². The maximum atomic E-state index is 13.7. The molecule has 0 saturated carbocycles. The number of carbonyl (C=O) groups excluding carboxylic acids is 1. The standard InChI is InChI=1S/C21H24F2N4O2.HI/c1-24-21(26-13-15-11-16(22)7-8-18(15)23)25-12-14-4-2-5-17(10-14)27-20(28)19-6-3-9-29-19;/h2,4-5,7-8,10-11,19H,3,6,9,12-13H2,1H3,(H,27,28)(H2,24,25,26);1H. The van der Waals surface area contributed by atoms with Crippen molar-refractivity contribution in [3.05, 3.63) is 65.2 Å². The van der Waals surface area contributed by atoms with Gasteiger partial charge in [-0.15, -0.1) is 24.0 Å².